The van der Waals surface area contributed by atoms with Crippen LogP contribution >= 0.6 is 0 Å². The van der Waals surface area contributed by atoms with Crippen molar-refractivity contribution >= 4 is 0 Å². The van der Waals surface area contributed by atoms with Crippen molar-refractivity contribution in [3.8, 4) is 11.6 Å². The highest BCUT2D eigenvalue weighted by molar-refractivity contribution is 5.34. The predicted molar refractivity (Wildman–Crippen MR) is 73.5 cm³/mol. The second kappa shape index (κ2) is 6.36. The predicted octanol–water partition coefficient (Wildman–Crippen LogP) is 1.35. The van der Waals surface area contributed by atoms with E-state index < -0.39 is 0 Å². The summed E-state index contributed by atoms with van der Waals surface area (Å²) >= 11 is 0. The summed E-state index contributed by atoms with van der Waals surface area (Å²) in [6.45, 7) is 3.04. The van der Waals surface area contributed by atoms with Crippen molar-refractivity contribution in [2.75, 3.05) is 13.7 Å². The zero-order valence-corrected chi connectivity index (χ0v) is 11.2. The van der Waals surface area contributed by atoms with Crippen LogP contribution in [-0.2, 0) is 6.54 Å². The third-order valence-corrected chi connectivity index (χ3v) is 2.79. The minimum absolute atomic E-state index is 0.342. The van der Waals surface area contributed by atoms with Crippen LogP contribution in [0.3, 0.4) is 0 Å². The third kappa shape index (κ3) is 3.56. The number of nitrogens with one attached hydrogen (secondary N) is 1. The van der Waals surface area contributed by atoms with Crippen molar-refractivity contribution in [1.82, 2.24) is 14.9 Å². The summed E-state index contributed by atoms with van der Waals surface area (Å²) in [6.07, 6.45) is 3.42. The number of rotatable bonds is 6. The van der Waals surface area contributed by atoms with Gasteiger partial charge in [0.1, 0.15) is 0 Å². The van der Waals surface area contributed by atoms with Gasteiger partial charge in [-0.2, -0.15) is 0 Å². The van der Waals surface area contributed by atoms with Crippen LogP contribution in [0, 0.1) is 0 Å². The van der Waals surface area contributed by atoms with E-state index in [1.54, 1.807) is 20.2 Å². The van der Waals surface area contributed by atoms with E-state index in [0.29, 0.717) is 19.0 Å². The molecule has 1 unspecified atom stereocenters. The molecular weight excluding hydrogens is 242 g/mol. The molecule has 0 radical (unpaired) electrons. The smallest absolute Gasteiger partial charge is 0.213 e. The minimum atomic E-state index is -0.342. The summed E-state index contributed by atoms with van der Waals surface area (Å²) in [5, 5.41) is 12.4. The second-order valence-corrected chi connectivity index (χ2v) is 4.41. The van der Waals surface area contributed by atoms with Gasteiger partial charge < -0.3 is 19.7 Å². The Balaban J connectivity index is 2.09. The fourth-order valence-electron chi connectivity index (χ4n) is 1.86. The maximum Gasteiger partial charge on any atom is 0.213 e. The van der Waals surface area contributed by atoms with Crippen LogP contribution in [0.5, 0.6) is 5.88 Å². The van der Waals surface area contributed by atoms with Crippen LogP contribution in [0.25, 0.3) is 5.69 Å². The van der Waals surface area contributed by atoms with E-state index in [9.17, 15) is 5.11 Å². The van der Waals surface area contributed by atoms with E-state index in [1.807, 2.05) is 30.5 Å². The molecule has 0 aliphatic heterocycles. The van der Waals surface area contributed by atoms with Gasteiger partial charge in [0, 0.05) is 31.0 Å². The van der Waals surface area contributed by atoms with E-state index in [4.69, 9.17) is 4.74 Å². The van der Waals surface area contributed by atoms with Gasteiger partial charge in [-0.1, -0.05) is 0 Å². The molecule has 5 nitrogen and oxygen atoms in total. The molecule has 0 aliphatic rings. The summed E-state index contributed by atoms with van der Waals surface area (Å²) in [6, 6.07) is 7.83. The number of aliphatic hydroxyl groups is 1. The zero-order valence-electron chi connectivity index (χ0n) is 11.2. The molecule has 2 heterocycles. The Hall–Kier alpha value is -1.85. The molecule has 0 bridgehead atoms. The van der Waals surface area contributed by atoms with Gasteiger partial charge >= 0.3 is 0 Å². The van der Waals surface area contributed by atoms with E-state index in [-0.39, 0.29) is 6.10 Å². The van der Waals surface area contributed by atoms with Crippen molar-refractivity contribution < 1.29 is 9.84 Å². The topological polar surface area (TPSA) is 59.3 Å². The molecule has 0 aliphatic carbocycles. The first kappa shape index (κ1) is 13.6. The molecule has 2 aromatic heterocycles. The maximum atomic E-state index is 9.23. The zero-order chi connectivity index (χ0) is 13.7. The molecule has 2 rings (SSSR count). The number of pyridine rings is 1. The molecule has 19 heavy (non-hydrogen) atoms. The average Bonchev–Trinajstić information content (AvgIpc) is 2.87. The summed E-state index contributed by atoms with van der Waals surface area (Å²) in [5.41, 5.74) is 2.10. The molecule has 102 valence electrons. The molecule has 2 aromatic rings. The number of nitrogens with zero attached hydrogens (tertiary/aromatic N) is 2. The largest absolute Gasteiger partial charge is 0.481 e. The highest BCUT2D eigenvalue weighted by atomic mass is 16.5. The van der Waals surface area contributed by atoms with Crippen molar-refractivity contribution in [1.29, 1.82) is 0 Å². The van der Waals surface area contributed by atoms with Gasteiger partial charge in [0.2, 0.25) is 5.88 Å². The quantitative estimate of drug-likeness (QED) is 0.824. The highest BCUT2D eigenvalue weighted by Gasteiger charge is 2.04. The molecule has 5 heteroatoms. The fraction of sp³-hybridized carbons (Fsp3) is 0.357. The lowest BCUT2D eigenvalue weighted by Gasteiger charge is -2.11. The van der Waals surface area contributed by atoms with Crippen LogP contribution in [-0.4, -0.2) is 34.4 Å². The van der Waals surface area contributed by atoms with Crippen molar-refractivity contribution in [3.05, 3.63) is 42.4 Å². The van der Waals surface area contributed by atoms with Crippen molar-refractivity contribution in [2.45, 2.75) is 19.6 Å². The summed E-state index contributed by atoms with van der Waals surface area (Å²) in [4.78, 5) is 4.20. The molecular formula is C14H19N3O2. The number of hydrogen-bond acceptors (Lipinski definition) is 4. The highest BCUT2D eigenvalue weighted by Crippen LogP contribution is 2.14. The number of ether oxygens (including phenoxy) is 1. The van der Waals surface area contributed by atoms with E-state index in [0.717, 1.165) is 11.4 Å². The number of hydrogen-bond donors (Lipinski definition) is 2. The van der Waals surface area contributed by atoms with E-state index >= 15 is 0 Å². The van der Waals surface area contributed by atoms with Crippen molar-refractivity contribution in [3.63, 3.8) is 0 Å². The molecule has 0 fully saturated rings. The molecule has 0 saturated heterocycles. The van der Waals surface area contributed by atoms with Gasteiger partial charge in [0.05, 0.1) is 25.1 Å². The Bertz CT molecular complexity index is 506. The first-order chi connectivity index (χ1) is 9.20. The van der Waals surface area contributed by atoms with E-state index in [2.05, 4.69) is 14.9 Å². The van der Waals surface area contributed by atoms with Gasteiger partial charge in [-0.25, -0.2) is 4.98 Å². The van der Waals surface area contributed by atoms with Crippen molar-refractivity contribution in [2.24, 2.45) is 0 Å². The number of aromatic nitrogens is 2. The Morgan fingerprint density at radius 1 is 1.42 bits per heavy atom. The van der Waals surface area contributed by atoms with Gasteiger partial charge in [0.25, 0.3) is 0 Å². The average molecular weight is 261 g/mol. The van der Waals surface area contributed by atoms with Gasteiger partial charge in [0.15, 0.2) is 0 Å². The van der Waals surface area contributed by atoms with Crippen LogP contribution < -0.4 is 10.1 Å². The Kier molecular flexibility index (Phi) is 4.54. The molecule has 0 saturated carbocycles. The molecule has 1 atom stereocenters. The number of aliphatic hydroxyl groups excluding tert-OH is 1. The van der Waals surface area contributed by atoms with Gasteiger partial charge in [-0.15, -0.1) is 0 Å². The van der Waals surface area contributed by atoms with Crippen LogP contribution in [0.15, 0.2) is 36.7 Å². The monoisotopic (exact) mass is 261 g/mol. The Morgan fingerprint density at radius 2 is 2.26 bits per heavy atom. The lowest BCUT2D eigenvalue weighted by atomic mass is 10.3. The third-order valence-electron chi connectivity index (χ3n) is 2.79. The van der Waals surface area contributed by atoms with Crippen LogP contribution in [0.1, 0.15) is 12.6 Å². The fourth-order valence-corrected chi connectivity index (χ4v) is 1.86. The first-order valence-electron chi connectivity index (χ1n) is 6.26. The van der Waals surface area contributed by atoms with E-state index in [1.165, 1.54) is 0 Å². The Morgan fingerprint density at radius 3 is 2.89 bits per heavy atom. The minimum Gasteiger partial charge on any atom is -0.481 e. The maximum absolute atomic E-state index is 9.23. The van der Waals surface area contributed by atoms with Gasteiger partial charge in [-0.3, -0.25) is 0 Å². The van der Waals surface area contributed by atoms with Gasteiger partial charge in [-0.05, 0) is 25.1 Å². The molecule has 0 spiro atoms. The standard InChI is InChI=1S/C14H19N3O2/c1-11(18)8-15-9-12-4-3-7-17(12)13-5-6-14(19-2)16-10-13/h3-7,10-11,15,18H,8-9H2,1-2H3. The summed E-state index contributed by atoms with van der Waals surface area (Å²) in [7, 11) is 1.60. The normalized spacial score (nSPS) is 12.4. The van der Waals surface area contributed by atoms with Crippen LogP contribution in [0.4, 0.5) is 0 Å². The molecule has 0 amide bonds. The lowest BCUT2D eigenvalue weighted by Crippen LogP contribution is -2.24. The second-order valence-electron chi connectivity index (χ2n) is 4.41. The Labute approximate surface area is 112 Å². The molecule has 0 aromatic carbocycles. The lowest BCUT2D eigenvalue weighted by molar-refractivity contribution is 0.190. The first-order valence-corrected chi connectivity index (χ1v) is 6.26. The van der Waals surface area contributed by atoms with Crippen LogP contribution in [0.2, 0.25) is 0 Å². The number of methoxy groups -OCH3 is 1. The SMILES string of the molecule is COc1ccc(-n2cccc2CNCC(C)O)cn1. The summed E-state index contributed by atoms with van der Waals surface area (Å²) < 4.78 is 7.10. The molecule has 2 N–H and O–H groups in total. The summed E-state index contributed by atoms with van der Waals surface area (Å²) in [5.74, 6) is 0.602.